The number of aryl methyl sites for hydroxylation is 1. The van der Waals surface area contributed by atoms with Crippen LogP contribution >= 0.6 is 0 Å². The number of nitrogens with zero attached hydrogens (tertiary/aromatic N) is 1. The first kappa shape index (κ1) is 13.6. The van der Waals surface area contributed by atoms with Gasteiger partial charge in [-0.2, -0.15) is 0 Å². The fourth-order valence-electron chi connectivity index (χ4n) is 3.10. The molecular formula is C16H23N3O. The summed E-state index contributed by atoms with van der Waals surface area (Å²) < 4.78 is 0. The first-order valence-corrected chi connectivity index (χ1v) is 7.61. The van der Waals surface area contributed by atoms with Crippen molar-refractivity contribution in [3.8, 4) is 0 Å². The van der Waals surface area contributed by atoms with E-state index < -0.39 is 0 Å². The van der Waals surface area contributed by atoms with E-state index in [0.29, 0.717) is 0 Å². The highest BCUT2D eigenvalue weighted by Crippen LogP contribution is 2.24. The van der Waals surface area contributed by atoms with Gasteiger partial charge in [-0.3, -0.25) is 9.69 Å². The number of nitrogens with one attached hydrogen (secondary N) is 2. The highest BCUT2D eigenvalue weighted by atomic mass is 16.1. The molecule has 0 amide bonds. The molecule has 3 rings (SSSR count). The van der Waals surface area contributed by atoms with Crippen molar-refractivity contribution in [1.29, 1.82) is 0 Å². The van der Waals surface area contributed by atoms with E-state index in [0.717, 1.165) is 51.1 Å². The zero-order valence-electron chi connectivity index (χ0n) is 12.1. The molecule has 108 valence electrons. The Morgan fingerprint density at radius 2 is 2.05 bits per heavy atom. The number of rotatable bonds is 3. The van der Waals surface area contributed by atoms with Gasteiger partial charge in [0.05, 0.1) is 6.04 Å². The van der Waals surface area contributed by atoms with Crippen molar-refractivity contribution in [2.45, 2.75) is 25.8 Å². The molecule has 1 atom stereocenters. The molecule has 2 N–H and O–H groups in total. The fourth-order valence-corrected chi connectivity index (χ4v) is 3.10. The minimum absolute atomic E-state index is 0.0216. The van der Waals surface area contributed by atoms with E-state index in [-0.39, 0.29) is 11.8 Å². The smallest absolute Gasteiger partial charge is 0.179 e. The second kappa shape index (κ2) is 5.94. The summed E-state index contributed by atoms with van der Waals surface area (Å²) in [6.45, 7) is 6.94. The van der Waals surface area contributed by atoms with Crippen LogP contribution in [0.1, 0.15) is 29.3 Å². The van der Waals surface area contributed by atoms with E-state index in [1.165, 1.54) is 11.3 Å². The molecule has 0 radical (unpaired) electrons. The van der Waals surface area contributed by atoms with Crippen LogP contribution in [0.5, 0.6) is 0 Å². The Morgan fingerprint density at radius 1 is 1.25 bits per heavy atom. The summed E-state index contributed by atoms with van der Waals surface area (Å²) in [7, 11) is 0. The Kier molecular flexibility index (Phi) is 4.03. The van der Waals surface area contributed by atoms with Crippen molar-refractivity contribution in [3.63, 3.8) is 0 Å². The average Bonchev–Trinajstić information content (AvgIpc) is 2.54. The number of carbonyl (C=O) groups excluding carboxylic acids is 1. The number of ketones is 1. The van der Waals surface area contributed by atoms with Crippen LogP contribution in [0.4, 0.5) is 5.69 Å². The maximum atomic E-state index is 12.6. The quantitative estimate of drug-likeness (QED) is 0.820. The lowest BCUT2D eigenvalue weighted by Crippen LogP contribution is -2.50. The van der Waals surface area contributed by atoms with E-state index in [1.807, 2.05) is 13.0 Å². The average molecular weight is 273 g/mol. The van der Waals surface area contributed by atoms with Gasteiger partial charge in [0, 0.05) is 44.0 Å². The molecule has 4 heteroatoms. The van der Waals surface area contributed by atoms with Crippen LogP contribution in [0, 0.1) is 0 Å². The van der Waals surface area contributed by atoms with Crippen LogP contribution in [-0.4, -0.2) is 49.4 Å². The summed E-state index contributed by atoms with van der Waals surface area (Å²) in [6, 6.07) is 6.10. The van der Waals surface area contributed by atoms with E-state index in [4.69, 9.17) is 0 Å². The Bertz CT molecular complexity index is 494. The topological polar surface area (TPSA) is 44.4 Å². The number of hydrogen-bond donors (Lipinski definition) is 2. The molecular weight excluding hydrogens is 250 g/mol. The number of fused-ring (bicyclic) bond motifs is 1. The van der Waals surface area contributed by atoms with Crippen LogP contribution < -0.4 is 10.6 Å². The molecule has 20 heavy (non-hydrogen) atoms. The van der Waals surface area contributed by atoms with Crippen LogP contribution in [0.15, 0.2) is 18.2 Å². The van der Waals surface area contributed by atoms with E-state index in [1.54, 1.807) is 0 Å². The minimum Gasteiger partial charge on any atom is -0.385 e. The maximum Gasteiger partial charge on any atom is 0.179 e. The van der Waals surface area contributed by atoms with Crippen LogP contribution in [0.25, 0.3) is 0 Å². The predicted octanol–water partition coefficient (Wildman–Crippen LogP) is 1.52. The number of benzene rings is 1. The largest absolute Gasteiger partial charge is 0.385 e. The molecule has 0 saturated carbocycles. The minimum atomic E-state index is -0.0216. The van der Waals surface area contributed by atoms with Gasteiger partial charge in [-0.1, -0.05) is 0 Å². The Hall–Kier alpha value is -1.39. The third-order valence-electron chi connectivity index (χ3n) is 4.41. The normalized spacial score (nSPS) is 20.9. The summed E-state index contributed by atoms with van der Waals surface area (Å²) in [4.78, 5) is 14.9. The van der Waals surface area contributed by atoms with E-state index in [9.17, 15) is 4.79 Å². The van der Waals surface area contributed by atoms with Crippen molar-refractivity contribution >= 4 is 11.5 Å². The maximum absolute atomic E-state index is 12.6. The summed E-state index contributed by atoms with van der Waals surface area (Å²) in [5.74, 6) is 0.250. The predicted molar refractivity (Wildman–Crippen MR) is 81.5 cm³/mol. The third kappa shape index (κ3) is 2.72. The molecule has 0 aromatic heterocycles. The second-order valence-electron chi connectivity index (χ2n) is 5.73. The Labute approximate surface area is 120 Å². The molecule has 2 heterocycles. The highest BCUT2D eigenvalue weighted by Gasteiger charge is 2.24. The zero-order chi connectivity index (χ0) is 13.9. The number of piperazine rings is 1. The number of carbonyl (C=O) groups is 1. The van der Waals surface area contributed by atoms with E-state index >= 15 is 0 Å². The Balaban J connectivity index is 1.75. The van der Waals surface area contributed by atoms with Gasteiger partial charge in [0.15, 0.2) is 5.78 Å². The fraction of sp³-hybridized carbons (Fsp3) is 0.562. The van der Waals surface area contributed by atoms with Gasteiger partial charge in [-0.25, -0.2) is 0 Å². The van der Waals surface area contributed by atoms with Crippen molar-refractivity contribution in [2.75, 3.05) is 38.0 Å². The lowest BCUT2D eigenvalue weighted by atomic mass is 9.96. The second-order valence-corrected chi connectivity index (χ2v) is 5.73. The molecule has 0 aliphatic carbocycles. The molecule has 1 aromatic carbocycles. The van der Waals surface area contributed by atoms with Gasteiger partial charge in [-0.15, -0.1) is 0 Å². The molecule has 2 aliphatic heterocycles. The molecule has 4 nitrogen and oxygen atoms in total. The Morgan fingerprint density at radius 3 is 2.85 bits per heavy atom. The first-order valence-electron chi connectivity index (χ1n) is 7.61. The number of Topliss-reactive ketones (excluding diaryl/α,β-unsaturated/α-hetero) is 1. The van der Waals surface area contributed by atoms with Gasteiger partial charge in [0.2, 0.25) is 0 Å². The molecule has 1 saturated heterocycles. The zero-order valence-corrected chi connectivity index (χ0v) is 12.1. The van der Waals surface area contributed by atoms with Gasteiger partial charge in [-0.05, 0) is 43.5 Å². The molecule has 1 fully saturated rings. The van der Waals surface area contributed by atoms with Crippen LogP contribution in [0.3, 0.4) is 0 Å². The van der Waals surface area contributed by atoms with Gasteiger partial charge in [0.1, 0.15) is 0 Å². The van der Waals surface area contributed by atoms with Crippen LogP contribution in [-0.2, 0) is 6.42 Å². The summed E-state index contributed by atoms with van der Waals surface area (Å²) in [6.07, 6.45) is 2.23. The number of hydrogen-bond acceptors (Lipinski definition) is 4. The van der Waals surface area contributed by atoms with Gasteiger partial charge < -0.3 is 10.6 Å². The van der Waals surface area contributed by atoms with Crippen LogP contribution in [0.2, 0.25) is 0 Å². The summed E-state index contributed by atoms with van der Waals surface area (Å²) >= 11 is 0. The summed E-state index contributed by atoms with van der Waals surface area (Å²) in [5.41, 5.74) is 3.34. The van der Waals surface area contributed by atoms with Crippen molar-refractivity contribution in [3.05, 3.63) is 29.3 Å². The first-order chi connectivity index (χ1) is 9.75. The summed E-state index contributed by atoms with van der Waals surface area (Å²) in [5, 5.41) is 6.72. The molecule has 0 spiro atoms. The van der Waals surface area contributed by atoms with Crippen molar-refractivity contribution < 1.29 is 4.79 Å². The van der Waals surface area contributed by atoms with Gasteiger partial charge >= 0.3 is 0 Å². The SMILES string of the molecule is CC(C(=O)c1ccc2c(c1)CCCN2)N1CCNCC1. The van der Waals surface area contributed by atoms with E-state index in [2.05, 4.69) is 27.7 Å². The number of anilines is 1. The van der Waals surface area contributed by atoms with Gasteiger partial charge in [0.25, 0.3) is 0 Å². The monoisotopic (exact) mass is 273 g/mol. The standard InChI is InChI=1S/C16H23N3O/c1-12(19-9-7-17-8-10-19)16(20)14-4-5-15-13(11-14)3-2-6-18-15/h4-5,11-12,17-18H,2-3,6-10H2,1H3. The lowest BCUT2D eigenvalue weighted by molar-refractivity contribution is 0.0820. The lowest BCUT2D eigenvalue weighted by Gasteiger charge is -2.32. The van der Waals surface area contributed by atoms with Crippen molar-refractivity contribution in [2.24, 2.45) is 0 Å². The molecule has 0 bridgehead atoms. The molecule has 2 aliphatic rings. The molecule has 1 unspecified atom stereocenters. The third-order valence-corrected chi connectivity index (χ3v) is 4.41. The molecule has 1 aromatic rings. The highest BCUT2D eigenvalue weighted by molar-refractivity contribution is 6.00. The van der Waals surface area contributed by atoms with Crippen molar-refractivity contribution in [1.82, 2.24) is 10.2 Å².